The Hall–Kier alpha value is -8.20. The summed E-state index contributed by atoms with van der Waals surface area (Å²) in [6.07, 6.45) is 16.2. The second kappa shape index (κ2) is 27.3. The van der Waals surface area contributed by atoms with Crippen molar-refractivity contribution in [3.05, 3.63) is 197 Å². The molecule has 0 aliphatic carbocycles. The van der Waals surface area contributed by atoms with Gasteiger partial charge in [-0.15, -0.1) is 0 Å². The fourth-order valence-corrected chi connectivity index (χ4v) is 7.92. The quantitative estimate of drug-likeness (QED) is 0.0304. The molecule has 0 fully saturated rings. The van der Waals surface area contributed by atoms with E-state index in [1.807, 2.05) is 72.8 Å². The summed E-state index contributed by atoms with van der Waals surface area (Å²) in [5.41, 5.74) is 10.2. The van der Waals surface area contributed by atoms with Crippen molar-refractivity contribution in [3.63, 3.8) is 0 Å². The van der Waals surface area contributed by atoms with E-state index in [1.54, 1.807) is 12.1 Å². The van der Waals surface area contributed by atoms with E-state index in [0.29, 0.717) is 48.8 Å². The lowest BCUT2D eigenvalue weighted by Gasteiger charge is -2.26. The molecule has 7 aromatic carbocycles. The van der Waals surface area contributed by atoms with Gasteiger partial charge in [0.15, 0.2) is 5.69 Å². The van der Waals surface area contributed by atoms with Crippen LogP contribution in [0.25, 0.3) is 29.1 Å². The van der Waals surface area contributed by atoms with Crippen LogP contribution in [0, 0.1) is 17.9 Å². The average molecular weight is 955 g/mol. The largest absolute Gasteiger partial charge is 0.494 e. The van der Waals surface area contributed by atoms with Crippen LogP contribution >= 0.6 is 0 Å². The molecule has 0 aliphatic rings. The first-order valence-corrected chi connectivity index (χ1v) is 25.5. The number of nitrogens with zero attached hydrogens (tertiary/aromatic N) is 4. The number of hydrogen-bond donors (Lipinski definition) is 0. The maximum atomic E-state index is 10.3. The van der Waals surface area contributed by atoms with E-state index in [1.165, 1.54) is 0 Å². The highest BCUT2D eigenvalue weighted by Gasteiger charge is 2.16. The summed E-state index contributed by atoms with van der Waals surface area (Å²) in [4.78, 5) is 8.30. The fourth-order valence-electron chi connectivity index (χ4n) is 7.92. The van der Waals surface area contributed by atoms with Gasteiger partial charge in [0.1, 0.15) is 23.0 Å². The van der Waals surface area contributed by atoms with Crippen molar-refractivity contribution in [2.75, 3.05) is 36.2 Å². The van der Waals surface area contributed by atoms with Crippen molar-refractivity contribution in [2.45, 2.75) is 79.1 Å². The minimum absolute atomic E-state index is 0.464. The summed E-state index contributed by atoms with van der Waals surface area (Å²) in [7, 11) is 0. The van der Waals surface area contributed by atoms with Crippen LogP contribution in [-0.4, -0.2) is 26.4 Å². The van der Waals surface area contributed by atoms with Gasteiger partial charge in [0.05, 0.1) is 44.6 Å². The Morgan fingerprint density at radius 1 is 0.417 bits per heavy atom. The SMILES string of the molecule is [C-]#[N+]c1cc(C=Cc2ccc(N(c3ccc(OCCCC)cc3)c3ccc(OCCCC)cc3)cc2)c(C#N)cc1C=Cc1ccc(N(c2ccc(OCCCC)cc2)c2ccc(OCCCC)cc2)cc1. The highest BCUT2D eigenvalue weighted by molar-refractivity contribution is 5.84. The number of hydrogen-bond acceptors (Lipinski definition) is 7. The zero-order valence-corrected chi connectivity index (χ0v) is 42.2. The zero-order chi connectivity index (χ0) is 50.3. The Kier molecular flexibility index (Phi) is 19.6. The van der Waals surface area contributed by atoms with Crippen LogP contribution in [0.1, 0.15) is 107 Å². The maximum Gasteiger partial charge on any atom is 0.194 e. The van der Waals surface area contributed by atoms with E-state index in [9.17, 15) is 5.26 Å². The molecule has 0 N–H and O–H groups in total. The number of benzene rings is 7. The van der Waals surface area contributed by atoms with E-state index in [0.717, 1.165) is 120 Å². The number of anilines is 6. The van der Waals surface area contributed by atoms with Crippen LogP contribution in [-0.2, 0) is 0 Å². The third-order valence-corrected chi connectivity index (χ3v) is 12.1. The van der Waals surface area contributed by atoms with Gasteiger partial charge in [0.25, 0.3) is 0 Å². The van der Waals surface area contributed by atoms with Gasteiger partial charge in [0, 0.05) is 34.1 Å². The van der Waals surface area contributed by atoms with Gasteiger partial charge in [0.2, 0.25) is 0 Å². The molecule has 0 aromatic heterocycles. The van der Waals surface area contributed by atoms with Crippen molar-refractivity contribution in [1.29, 1.82) is 5.26 Å². The van der Waals surface area contributed by atoms with Crippen LogP contribution in [0.15, 0.2) is 158 Å². The number of nitriles is 1. The first-order chi connectivity index (χ1) is 35.4. The van der Waals surface area contributed by atoms with Gasteiger partial charge < -0.3 is 28.7 Å². The van der Waals surface area contributed by atoms with Crippen molar-refractivity contribution in [2.24, 2.45) is 0 Å². The molecule has 0 aliphatic heterocycles. The molecular weight excluding hydrogens is 889 g/mol. The molecule has 72 heavy (non-hydrogen) atoms. The third-order valence-electron chi connectivity index (χ3n) is 12.1. The molecular formula is C64H66N4O4. The first-order valence-electron chi connectivity index (χ1n) is 25.5. The second-order valence-electron chi connectivity index (χ2n) is 17.5. The summed E-state index contributed by atoms with van der Waals surface area (Å²) in [5.74, 6) is 3.39. The molecule has 0 radical (unpaired) electrons. The molecule has 8 nitrogen and oxygen atoms in total. The normalized spacial score (nSPS) is 11.0. The van der Waals surface area contributed by atoms with Crippen LogP contribution in [0.5, 0.6) is 23.0 Å². The Morgan fingerprint density at radius 3 is 0.986 bits per heavy atom. The van der Waals surface area contributed by atoms with Gasteiger partial charge in [-0.2, -0.15) is 5.26 Å². The highest BCUT2D eigenvalue weighted by atomic mass is 16.5. The Balaban J connectivity index is 1.08. The molecule has 7 aromatic rings. The van der Waals surface area contributed by atoms with E-state index < -0.39 is 0 Å². The monoisotopic (exact) mass is 955 g/mol. The molecule has 0 saturated carbocycles. The lowest BCUT2D eigenvalue weighted by molar-refractivity contribution is 0.309. The summed E-state index contributed by atoms with van der Waals surface area (Å²) in [5, 5.41) is 10.3. The van der Waals surface area contributed by atoms with E-state index >= 15 is 0 Å². The lowest BCUT2D eigenvalue weighted by atomic mass is 10.0. The minimum Gasteiger partial charge on any atom is -0.494 e. The Bertz CT molecular complexity index is 2590. The van der Waals surface area contributed by atoms with Gasteiger partial charge in [-0.1, -0.05) is 102 Å². The molecule has 0 spiro atoms. The van der Waals surface area contributed by atoms with Gasteiger partial charge in [-0.05, 0) is 181 Å². The lowest BCUT2D eigenvalue weighted by Crippen LogP contribution is -2.10. The first kappa shape index (κ1) is 51.6. The molecule has 0 unspecified atom stereocenters. The molecule has 366 valence electrons. The predicted octanol–water partition coefficient (Wildman–Crippen LogP) is 18.1. The van der Waals surface area contributed by atoms with Crippen molar-refractivity contribution < 1.29 is 18.9 Å². The van der Waals surface area contributed by atoms with Crippen molar-refractivity contribution in [1.82, 2.24) is 0 Å². The molecule has 0 bridgehead atoms. The highest BCUT2D eigenvalue weighted by Crippen LogP contribution is 2.39. The fraction of sp³-hybridized carbons (Fsp3) is 0.250. The third kappa shape index (κ3) is 14.4. The van der Waals surface area contributed by atoms with Gasteiger partial charge >= 0.3 is 0 Å². The van der Waals surface area contributed by atoms with Crippen LogP contribution < -0.4 is 28.7 Å². The Morgan fingerprint density at radius 2 is 0.708 bits per heavy atom. The van der Waals surface area contributed by atoms with Crippen LogP contribution in [0.2, 0.25) is 0 Å². The van der Waals surface area contributed by atoms with Gasteiger partial charge in [-0.3, -0.25) is 0 Å². The number of unbranched alkanes of at least 4 members (excludes halogenated alkanes) is 4. The van der Waals surface area contributed by atoms with Crippen LogP contribution in [0.3, 0.4) is 0 Å². The smallest absolute Gasteiger partial charge is 0.194 e. The second-order valence-corrected chi connectivity index (χ2v) is 17.5. The Labute approximate surface area is 427 Å². The molecule has 0 heterocycles. The number of ether oxygens (including phenoxy) is 4. The average Bonchev–Trinajstić information content (AvgIpc) is 3.42. The maximum absolute atomic E-state index is 10.3. The molecule has 0 saturated heterocycles. The molecule has 7 rings (SSSR count). The van der Waals surface area contributed by atoms with Crippen molar-refractivity contribution >= 4 is 64.1 Å². The van der Waals surface area contributed by atoms with Crippen molar-refractivity contribution in [3.8, 4) is 29.1 Å². The van der Waals surface area contributed by atoms with E-state index in [2.05, 4.69) is 145 Å². The van der Waals surface area contributed by atoms with E-state index in [-0.39, 0.29) is 0 Å². The zero-order valence-electron chi connectivity index (χ0n) is 42.2. The summed E-state index contributed by atoms with van der Waals surface area (Å²) < 4.78 is 23.9. The minimum atomic E-state index is 0.464. The molecule has 0 amide bonds. The topological polar surface area (TPSA) is 71.6 Å². The summed E-state index contributed by atoms with van der Waals surface area (Å²) in [6.45, 7) is 19.5. The van der Waals surface area contributed by atoms with E-state index in [4.69, 9.17) is 25.5 Å². The van der Waals surface area contributed by atoms with Crippen LogP contribution in [0.4, 0.5) is 39.8 Å². The standard InChI is InChI=1S/C64H66N4O4/c1-6-10-42-69-60-34-26-56(27-35-60)67(57-28-36-61(37-29-57)70-43-11-7-2)54-22-16-49(17-23-54)14-20-51-47-64(66-5)52(46-53(51)48-65)21-15-50-18-24-55(25-19-50)68(58-30-38-62(39-31-58)71-44-12-8-3)59-32-40-63(41-33-59)72-45-13-9-4/h14-41,46-47H,6-13,42-45H2,1-4H3. The van der Waals surface area contributed by atoms with Gasteiger partial charge in [-0.25, -0.2) is 4.85 Å². The molecule has 0 atom stereocenters. The summed E-state index contributed by atoms with van der Waals surface area (Å²) in [6, 6.07) is 55.4. The summed E-state index contributed by atoms with van der Waals surface area (Å²) >= 11 is 0. The molecule has 8 heteroatoms. The number of rotatable bonds is 26. The predicted molar refractivity (Wildman–Crippen MR) is 299 cm³/mol.